The number of hydroxylamine groups is 3. The zero-order valence-corrected chi connectivity index (χ0v) is 15.9. The maximum absolute atomic E-state index is 13.4. The predicted molar refractivity (Wildman–Crippen MR) is 104 cm³/mol. The molecule has 2 unspecified atom stereocenters. The lowest BCUT2D eigenvalue weighted by Gasteiger charge is -2.42. The van der Waals surface area contributed by atoms with Crippen molar-refractivity contribution in [3.8, 4) is 0 Å². The molecule has 2 aromatic carbocycles. The van der Waals surface area contributed by atoms with Crippen LogP contribution in [0.3, 0.4) is 0 Å². The molecule has 2 aliphatic rings. The van der Waals surface area contributed by atoms with Gasteiger partial charge in [0, 0.05) is 29.0 Å². The quantitative estimate of drug-likeness (QED) is 0.455. The Bertz CT molecular complexity index is 1070. The minimum Gasteiger partial charge on any atom is -0.624 e. The molecule has 0 saturated carbocycles. The van der Waals surface area contributed by atoms with Crippen molar-refractivity contribution >= 4 is 40.9 Å². The van der Waals surface area contributed by atoms with E-state index in [0.29, 0.717) is 16.1 Å². The summed E-state index contributed by atoms with van der Waals surface area (Å²) in [6.45, 7) is -0.235. The fourth-order valence-corrected chi connectivity index (χ4v) is 3.95. The molecule has 2 aromatic rings. The van der Waals surface area contributed by atoms with E-state index < -0.39 is 34.3 Å². The van der Waals surface area contributed by atoms with E-state index in [1.807, 2.05) is 0 Å². The van der Waals surface area contributed by atoms with Crippen molar-refractivity contribution in [1.82, 2.24) is 5.32 Å². The Kier molecular flexibility index (Phi) is 4.70. The number of anilines is 1. The van der Waals surface area contributed by atoms with Crippen LogP contribution in [-0.4, -0.2) is 34.3 Å². The molecule has 0 aromatic heterocycles. The molecule has 4 rings (SSSR count). The highest BCUT2D eigenvalue weighted by Gasteiger charge is 2.50. The molecule has 9 heteroatoms. The first-order valence-corrected chi connectivity index (χ1v) is 9.33. The zero-order chi connectivity index (χ0) is 20.8. The number of carbonyl (C=O) groups is 4. The molecular weight excluding hydrogens is 398 g/mol. The van der Waals surface area contributed by atoms with Gasteiger partial charge in [-0.05, 0) is 24.3 Å². The number of rotatable bonds is 3. The van der Waals surface area contributed by atoms with Gasteiger partial charge in [-0.25, -0.2) is 4.79 Å². The second kappa shape index (κ2) is 7.07. The summed E-state index contributed by atoms with van der Waals surface area (Å²) in [7, 11) is 0. The number of imide groups is 1. The van der Waals surface area contributed by atoms with E-state index in [1.54, 1.807) is 30.3 Å². The van der Waals surface area contributed by atoms with E-state index in [9.17, 15) is 24.4 Å². The highest BCUT2D eigenvalue weighted by molar-refractivity contribution is 6.31. The summed E-state index contributed by atoms with van der Waals surface area (Å²) in [6.07, 6.45) is -0.00126. The van der Waals surface area contributed by atoms with Gasteiger partial charge in [0.15, 0.2) is 6.04 Å². The van der Waals surface area contributed by atoms with Gasteiger partial charge >= 0.3 is 5.91 Å². The maximum Gasteiger partial charge on any atom is 0.349 e. The molecule has 0 bridgehead atoms. The summed E-state index contributed by atoms with van der Waals surface area (Å²) in [5.41, 5.74) is 1.02. The summed E-state index contributed by atoms with van der Waals surface area (Å²) >= 11 is 5.92. The average molecular weight is 414 g/mol. The van der Waals surface area contributed by atoms with Gasteiger partial charge in [0.05, 0.1) is 5.69 Å². The van der Waals surface area contributed by atoms with Crippen molar-refractivity contribution in [2.24, 2.45) is 0 Å². The molecule has 148 valence electrons. The molecule has 2 heterocycles. The van der Waals surface area contributed by atoms with Crippen LogP contribution in [0.15, 0.2) is 42.5 Å². The Morgan fingerprint density at radius 1 is 1.17 bits per heavy atom. The third kappa shape index (κ3) is 3.31. The van der Waals surface area contributed by atoms with E-state index >= 15 is 0 Å². The van der Waals surface area contributed by atoms with Gasteiger partial charge < -0.3 is 10.5 Å². The number of quaternary nitrogens is 1. The van der Waals surface area contributed by atoms with Gasteiger partial charge in [-0.15, -0.1) is 0 Å². The van der Waals surface area contributed by atoms with Crippen LogP contribution in [0.5, 0.6) is 0 Å². The predicted octanol–water partition coefficient (Wildman–Crippen LogP) is 2.37. The number of amides is 4. The fraction of sp³-hybridized carbons (Fsp3) is 0.200. The molecular formula is C20H16ClN3O5. The van der Waals surface area contributed by atoms with E-state index in [1.165, 1.54) is 12.1 Å². The third-order valence-corrected chi connectivity index (χ3v) is 5.40. The number of piperidine rings is 1. The molecule has 29 heavy (non-hydrogen) atoms. The lowest BCUT2D eigenvalue weighted by molar-refractivity contribution is -0.825. The first-order chi connectivity index (χ1) is 13.8. The molecule has 2 atom stereocenters. The Labute approximate surface area is 170 Å². The number of hydrogen-bond acceptors (Lipinski definition) is 5. The van der Waals surface area contributed by atoms with E-state index in [4.69, 9.17) is 11.6 Å². The molecule has 0 aliphatic carbocycles. The molecule has 4 amide bonds. The molecule has 2 aliphatic heterocycles. The minimum absolute atomic E-state index is 0.000627. The largest absolute Gasteiger partial charge is 0.624 e. The number of benzene rings is 2. The van der Waals surface area contributed by atoms with Crippen molar-refractivity contribution in [2.45, 2.75) is 25.4 Å². The van der Waals surface area contributed by atoms with Crippen molar-refractivity contribution in [3.05, 3.63) is 69.4 Å². The number of halogens is 1. The highest BCUT2D eigenvalue weighted by Crippen LogP contribution is 2.38. The van der Waals surface area contributed by atoms with Crippen molar-refractivity contribution in [1.29, 1.82) is 0 Å². The summed E-state index contributed by atoms with van der Waals surface area (Å²) in [5, 5.41) is 18.6. The highest BCUT2D eigenvalue weighted by atomic mass is 35.5. The number of carbonyl (C=O) groups excluding carboxylic acids is 4. The van der Waals surface area contributed by atoms with Crippen LogP contribution in [0.4, 0.5) is 5.69 Å². The lowest BCUT2D eigenvalue weighted by atomic mass is 10.0. The molecule has 1 fully saturated rings. The first kappa shape index (κ1) is 19.3. The van der Waals surface area contributed by atoms with Crippen LogP contribution in [-0.2, 0) is 16.1 Å². The summed E-state index contributed by atoms with van der Waals surface area (Å²) in [4.78, 5) is 49.2. The molecule has 8 nitrogen and oxygen atoms in total. The molecule has 1 saturated heterocycles. The summed E-state index contributed by atoms with van der Waals surface area (Å²) < 4.78 is -1.40. The van der Waals surface area contributed by atoms with Crippen LogP contribution in [0.2, 0.25) is 5.02 Å². The van der Waals surface area contributed by atoms with Crippen molar-refractivity contribution in [2.75, 3.05) is 5.32 Å². The fourth-order valence-electron chi connectivity index (χ4n) is 3.76. The monoisotopic (exact) mass is 413 g/mol. The lowest BCUT2D eigenvalue weighted by Crippen LogP contribution is -2.60. The number of nitrogens with zero attached hydrogens (tertiary/aromatic N) is 1. The van der Waals surface area contributed by atoms with Gasteiger partial charge in [-0.2, -0.15) is 0 Å². The second-order valence-corrected chi connectivity index (χ2v) is 7.47. The average Bonchev–Trinajstić information content (AvgIpc) is 2.93. The normalized spacial score (nSPS) is 23.5. The van der Waals surface area contributed by atoms with Gasteiger partial charge in [0.1, 0.15) is 12.1 Å². The van der Waals surface area contributed by atoms with E-state index in [2.05, 4.69) is 10.6 Å². The van der Waals surface area contributed by atoms with Crippen LogP contribution in [0.25, 0.3) is 0 Å². The molecule has 0 radical (unpaired) electrons. The SMILES string of the molecule is O=C1CCC([N+]2([O-])Cc3cccc(NC(=O)c4cccc(Cl)c4)c3C2=O)C(=O)N1. The van der Waals surface area contributed by atoms with Crippen LogP contribution in [0.1, 0.15) is 39.1 Å². The number of hydrogen-bond donors (Lipinski definition) is 2. The van der Waals surface area contributed by atoms with Crippen LogP contribution in [0, 0.1) is 5.21 Å². The Morgan fingerprint density at radius 2 is 1.93 bits per heavy atom. The summed E-state index contributed by atoms with van der Waals surface area (Å²) in [5.74, 6) is -2.50. The molecule has 0 spiro atoms. The Morgan fingerprint density at radius 3 is 2.66 bits per heavy atom. The Hall–Kier alpha value is -3.07. The van der Waals surface area contributed by atoms with E-state index in [0.717, 1.165) is 0 Å². The minimum atomic E-state index is -1.40. The van der Waals surface area contributed by atoms with Gasteiger partial charge in [0.2, 0.25) is 5.91 Å². The van der Waals surface area contributed by atoms with Crippen molar-refractivity contribution in [3.63, 3.8) is 0 Å². The van der Waals surface area contributed by atoms with Crippen LogP contribution >= 0.6 is 11.6 Å². The zero-order valence-electron chi connectivity index (χ0n) is 15.1. The number of fused-ring (bicyclic) bond motifs is 1. The smallest absolute Gasteiger partial charge is 0.349 e. The summed E-state index contributed by atoms with van der Waals surface area (Å²) in [6, 6.07) is 9.88. The standard InChI is InChI=1S/C20H16ClN3O5/c21-13-5-1-3-11(9-13)18(26)22-14-6-2-4-12-10-24(29,20(28)17(12)14)15-7-8-16(25)23-19(15)27/h1-6,9,15H,7-8,10H2,(H,22,26)(H,23,25,27). The first-order valence-electron chi connectivity index (χ1n) is 8.96. The number of nitrogens with one attached hydrogen (secondary N) is 2. The van der Waals surface area contributed by atoms with Gasteiger partial charge in [-0.1, -0.05) is 29.8 Å². The van der Waals surface area contributed by atoms with E-state index in [-0.39, 0.29) is 30.6 Å². The van der Waals surface area contributed by atoms with Gasteiger partial charge in [0.25, 0.3) is 11.8 Å². The third-order valence-electron chi connectivity index (χ3n) is 5.16. The van der Waals surface area contributed by atoms with Crippen molar-refractivity contribution < 1.29 is 23.8 Å². The van der Waals surface area contributed by atoms with Crippen LogP contribution < -0.4 is 10.6 Å². The Balaban J connectivity index is 1.64. The molecule has 2 N–H and O–H groups in total. The topological polar surface area (TPSA) is 115 Å². The maximum atomic E-state index is 13.4. The second-order valence-electron chi connectivity index (χ2n) is 7.03. The van der Waals surface area contributed by atoms with Gasteiger partial charge in [-0.3, -0.25) is 24.3 Å².